The number of carbonyl (C=O) groups excluding carboxylic acids is 4. The first-order chi connectivity index (χ1) is 55.6. The Kier molecular flexibility index (Phi) is 34.7. The van der Waals surface area contributed by atoms with Crippen LogP contribution in [0.5, 0.6) is 0 Å². The van der Waals surface area contributed by atoms with Crippen molar-refractivity contribution in [2.45, 2.75) is 316 Å². The van der Waals surface area contributed by atoms with Gasteiger partial charge in [-0.2, -0.15) is 0 Å². The fourth-order valence-electron chi connectivity index (χ4n) is 15.1. The molecule has 0 aromatic heterocycles. The normalized spacial score (nSPS) is 47.6. The molecule has 9 aliphatic rings. The molecule has 46 atom stereocenters. The topological polar surface area (TPSA) is 837 Å². The van der Waals surface area contributed by atoms with Crippen LogP contribution in [0.4, 0.5) is 0 Å². The van der Waals surface area contributed by atoms with E-state index in [0.29, 0.717) is 0 Å². The van der Waals surface area contributed by atoms with E-state index in [1.807, 2.05) is 0 Å². The average Bonchev–Trinajstić information content (AvgIpc) is 0.770. The van der Waals surface area contributed by atoms with Gasteiger partial charge in [-0.15, -0.1) is 0 Å². The number of carboxylic acid groups (broad SMARTS) is 1. The molecule has 0 unspecified atom stereocenters. The lowest BCUT2D eigenvalue weighted by Crippen LogP contribution is -2.71. The van der Waals surface area contributed by atoms with E-state index in [1.54, 1.807) is 0 Å². The van der Waals surface area contributed by atoms with Crippen molar-refractivity contribution < 1.29 is 242 Å². The Morgan fingerprint density at radius 1 is 0.347 bits per heavy atom. The molecule has 0 saturated carbocycles. The molecule has 31 N–H and O–H groups in total. The molecule has 0 aromatic carbocycles. The van der Waals surface area contributed by atoms with E-state index in [4.69, 9.17) is 80.5 Å². The zero-order chi connectivity index (χ0) is 87.3. The first-order valence-electron chi connectivity index (χ1n) is 37.3. The maximum Gasteiger partial charge on any atom is 0.364 e. The Labute approximate surface area is 666 Å². The van der Waals surface area contributed by atoms with Gasteiger partial charge >= 0.3 is 5.97 Å². The van der Waals surface area contributed by atoms with Crippen molar-refractivity contribution in [1.29, 1.82) is 0 Å². The van der Waals surface area contributed by atoms with Crippen molar-refractivity contribution in [2.75, 3.05) is 59.5 Å². The van der Waals surface area contributed by atoms with Crippen LogP contribution in [0.25, 0.3) is 0 Å². The summed E-state index contributed by atoms with van der Waals surface area (Å²) in [6.45, 7) is -6.48. The lowest BCUT2D eigenvalue weighted by atomic mass is 9.88. The van der Waals surface area contributed by atoms with E-state index >= 15 is 0 Å². The van der Waals surface area contributed by atoms with Crippen LogP contribution in [0.3, 0.4) is 0 Å². The Morgan fingerprint density at radius 2 is 0.669 bits per heavy atom. The van der Waals surface area contributed by atoms with E-state index in [1.165, 1.54) is 0 Å². The van der Waals surface area contributed by atoms with Gasteiger partial charge in [0.15, 0.2) is 50.3 Å². The van der Waals surface area contributed by atoms with Gasteiger partial charge in [0.05, 0.1) is 71.6 Å². The number of aliphatic hydroxyl groups excluding tert-OH is 26. The molecule has 9 fully saturated rings. The molecule has 0 aliphatic carbocycles. The summed E-state index contributed by atoms with van der Waals surface area (Å²) in [7, 11) is 0. The van der Waals surface area contributed by atoms with Crippen molar-refractivity contribution >= 4 is 29.6 Å². The van der Waals surface area contributed by atoms with Crippen molar-refractivity contribution in [3.63, 3.8) is 0 Å². The number of aliphatic carboxylic acids is 1. The van der Waals surface area contributed by atoms with Crippen LogP contribution in [-0.4, -0.2) is 509 Å². The summed E-state index contributed by atoms with van der Waals surface area (Å²) in [5, 5.41) is 307. The van der Waals surface area contributed by atoms with E-state index in [-0.39, 0.29) is 0 Å². The highest BCUT2D eigenvalue weighted by Gasteiger charge is 2.62. The minimum atomic E-state index is -3.09. The second-order valence-corrected chi connectivity index (χ2v) is 29.6. The molecule has 0 bridgehead atoms. The lowest BCUT2D eigenvalue weighted by molar-refractivity contribution is -0.389. The summed E-state index contributed by atoms with van der Waals surface area (Å²) >= 11 is 0. The van der Waals surface area contributed by atoms with Crippen molar-refractivity contribution in [3.05, 3.63) is 0 Å². The minimum absolute atomic E-state index is 0.843. The number of rotatable bonds is 32. The molecule has 0 spiro atoms. The lowest BCUT2D eigenvalue weighted by Gasteiger charge is -2.51. The number of aliphatic hydroxyl groups is 26. The van der Waals surface area contributed by atoms with Crippen LogP contribution in [0, 0.1) is 0 Å². The fraction of sp³-hybridized carbons (Fsp3) is 0.923. The number of carbonyl (C=O) groups is 5. The summed E-state index contributed by atoms with van der Waals surface area (Å²) in [5.74, 6) is -8.94. The molecule has 53 nitrogen and oxygen atoms in total. The monoisotopic (exact) mass is 1730 g/mol. The number of amides is 4. The van der Waals surface area contributed by atoms with Crippen LogP contribution < -0.4 is 21.3 Å². The molecule has 118 heavy (non-hydrogen) atoms. The minimum Gasteiger partial charge on any atom is -0.477 e. The van der Waals surface area contributed by atoms with Crippen LogP contribution in [0.15, 0.2) is 0 Å². The van der Waals surface area contributed by atoms with Crippen LogP contribution >= 0.6 is 0 Å². The Balaban J connectivity index is 1.00. The molecule has 9 saturated heterocycles. The zero-order valence-corrected chi connectivity index (χ0v) is 63.1. The molecular weight excluding hydrogens is 1620 g/mol. The first-order valence-corrected chi connectivity index (χ1v) is 37.3. The van der Waals surface area contributed by atoms with Gasteiger partial charge in [0.2, 0.25) is 23.6 Å². The van der Waals surface area contributed by atoms with Crippen LogP contribution in [0.1, 0.15) is 34.1 Å². The quantitative estimate of drug-likeness (QED) is 0.0297. The van der Waals surface area contributed by atoms with Gasteiger partial charge < -0.3 is 240 Å². The molecule has 682 valence electrons. The number of carboxylic acids is 1. The molecule has 4 amide bonds. The zero-order valence-electron chi connectivity index (χ0n) is 63.1. The summed E-state index contributed by atoms with van der Waals surface area (Å²) < 4.78 is 99.1. The molecule has 9 aliphatic heterocycles. The fourth-order valence-corrected chi connectivity index (χ4v) is 15.1. The van der Waals surface area contributed by atoms with Gasteiger partial charge in [0.25, 0.3) is 5.79 Å². The smallest absolute Gasteiger partial charge is 0.364 e. The Hall–Kier alpha value is -4.37. The number of nitrogens with one attached hydrogen (secondary N) is 4. The maximum atomic E-state index is 13.2. The average molecular weight is 1730 g/mol. The molecule has 9 heterocycles. The van der Waals surface area contributed by atoms with Gasteiger partial charge in [-0.05, 0) is 0 Å². The van der Waals surface area contributed by atoms with E-state index in [2.05, 4.69) is 21.3 Å². The summed E-state index contributed by atoms with van der Waals surface area (Å²) in [5.41, 5.74) is 0. The largest absolute Gasteiger partial charge is 0.477 e. The van der Waals surface area contributed by atoms with Gasteiger partial charge in [-0.25, -0.2) is 4.79 Å². The third kappa shape index (κ3) is 21.4. The van der Waals surface area contributed by atoms with Gasteiger partial charge in [0.1, 0.15) is 213 Å². The number of hydrogen-bond donors (Lipinski definition) is 31. The summed E-state index contributed by atoms with van der Waals surface area (Å²) in [6.07, 6.45) is -87.8. The maximum absolute atomic E-state index is 13.2. The third-order valence-electron chi connectivity index (χ3n) is 21.3. The van der Waals surface area contributed by atoms with Crippen LogP contribution in [-0.2, 0) is 104 Å². The van der Waals surface area contributed by atoms with Crippen LogP contribution in [0.2, 0.25) is 0 Å². The van der Waals surface area contributed by atoms with Gasteiger partial charge in [-0.1, -0.05) is 0 Å². The third-order valence-corrected chi connectivity index (χ3v) is 21.3. The van der Waals surface area contributed by atoms with E-state index in [0.717, 1.165) is 27.7 Å². The predicted octanol–water partition coefficient (Wildman–Crippen LogP) is -20.8. The molecule has 0 aromatic rings. The second-order valence-electron chi connectivity index (χ2n) is 29.6. The van der Waals surface area contributed by atoms with E-state index in [9.17, 15) is 162 Å². The first kappa shape index (κ1) is 97.4. The highest BCUT2D eigenvalue weighted by molar-refractivity contribution is 5.77. The van der Waals surface area contributed by atoms with Crippen molar-refractivity contribution in [2.24, 2.45) is 0 Å². The Bertz CT molecular complexity index is 3210. The SMILES string of the molecule is CC(=O)N[C@H]1[C@H](OC[C@H]2O[C@@H](O[C@H]3[C@H](O)[C@@H](NC(C)=O)[C@H](O[C@H]4[C@@H](O)[C@@H](CO)O[C@@H](O[C@H]5[C@H](O)[C@@H](O)[C@H](O)O[C@@H]5CO)[C@@H]4O)O[C@@H]3CO)[C@H](O)[C@@H](O[C@@H]3O[C@H](CO)[C@@H](O[C@@H]4O[C@H](CO[C@]5(C(=O)O)C[C@H](O)[C@@H](NC(C)=O)[C@H]([C@H](O)[C@H](O)CO)O5)[C@H](O)[C@H](O)[C@H]4O)[C@H](O)[C@H]3NC(C)=O)[C@H]2O)O[C@H](CO)[C@@H](O[C@@H]2O[C@H](CO)[C@H](O)[C@H](O)[C@H]2O)[C@@H]1O. The number of ether oxygens (including phenoxy) is 17. The second kappa shape index (κ2) is 42.1. The molecular formula is C65H108N4O49. The van der Waals surface area contributed by atoms with Gasteiger partial charge in [-0.3, -0.25) is 19.2 Å². The highest BCUT2D eigenvalue weighted by Crippen LogP contribution is 2.41. The van der Waals surface area contributed by atoms with Gasteiger partial charge in [0, 0.05) is 34.1 Å². The highest BCUT2D eigenvalue weighted by atomic mass is 16.8. The summed E-state index contributed by atoms with van der Waals surface area (Å²) in [6, 6.07) is -7.64. The van der Waals surface area contributed by atoms with E-state index < -0.39 is 377 Å². The standard InChI is InChI=1S/C65H108N4O49/c1-15(77)66-29-19(81)5-65(64(100)101,118-53(29)33(83)20(82)6-70)103-14-28-35(85)42(92)46(96)61(111-28)113-50-25(11-75)108-59(31(39(50)89)68-17(3)79)117-55-37(87)27(13-102-57-30(67-16(2)78)38(88)49(24(10-74)107-57)112-60-45(95)41(91)34(84)21(7-71)105-60)110-63(48(55)98)114-51-26(12-76)109-58(32(40(51)90)69-18(4)80)116-54-36(86)22(8-72)106-62(47(54)97)115-52-23(9-73)104-56(99)44(94)43(52)93/h19-63,70-76,81-99H,5-14H2,1-4H3,(H,66,77)(H,67,78)(H,68,79)(H,69,80)(H,100,101)/t19-,20+,21+,22+,23+,24+,25+,26+,27+,28+,29+,30+,31+,32+,33+,34-,35-,36-,37-,38+,39+,40+,41-,42-,43+,44+,45+,46+,47+,48+,49+,50+,51+,52+,53+,54-,55-,56+,57+,58-,59-,60-,61-,62-,63-,65+/m0/s1. The molecule has 0 radical (unpaired) electrons. The molecule has 53 heteroatoms. The summed E-state index contributed by atoms with van der Waals surface area (Å²) in [4.78, 5) is 64.3. The predicted molar refractivity (Wildman–Crippen MR) is 361 cm³/mol. The van der Waals surface area contributed by atoms with Crippen molar-refractivity contribution in [3.8, 4) is 0 Å². The number of hydrogen-bond acceptors (Lipinski definition) is 48. The van der Waals surface area contributed by atoms with Crippen molar-refractivity contribution in [1.82, 2.24) is 21.3 Å². The molecule has 9 rings (SSSR count). The Morgan fingerprint density at radius 3 is 1.07 bits per heavy atom.